The molecule has 0 bridgehead atoms. The Bertz CT molecular complexity index is 479. The minimum atomic E-state index is -0.810. The average molecular weight is 246 g/mol. The molecule has 2 heterocycles. The van der Waals surface area contributed by atoms with Crippen LogP contribution >= 0.6 is 0 Å². The molecule has 18 heavy (non-hydrogen) atoms. The van der Waals surface area contributed by atoms with Gasteiger partial charge in [-0.3, -0.25) is 4.98 Å². The minimum absolute atomic E-state index is 0.468. The van der Waals surface area contributed by atoms with Gasteiger partial charge < -0.3 is 10.4 Å². The second-order valence-corrected chi connectivity index (χ2v) is 5.23. The minimum Gasteiger partial charge on any atom is -0.478 e. The molecule has 2 aliphatic rings. The average Bonchev–Trinajstić information content (AvgIpc) is 2.91. The molecule has 0 atom stereocenters. The zero-order chi connectivity index (χ0) is 12.5. The number of hydrogen-bond donors (Lipinski definition) is 2. The van der Waals surface area contributed by atoms with E-state index < -0.39 is 5.97 Å². The van der Waals surface area contributed by atoms with Crippen molar-refractivity contribution in [3.63, 3.8) is 0 Å². The van der Waals surface area contributed by atoms with Crippen molar-refractivity contribution in [1.29, 1.82) is 0 Å². The van der Waals surface area contributed by atoms with E-state index in [-0.39, 0.29) is 0 Å². The normalized spacial score (nSPS) is 19.8. The van der Waals surface area contributed by atoms with Gasteiger partial charge in [0, 0.05) is 18.2 Å². The molecular formula is C14H18N2O2. The number of fused-ring (bicyclic) bond motifs is 1. The Morgan fingerprint density at radius 3 is 2.89 bits per heavy atom. The molecule has 0 aromatic carbocycles. The summed E-state index contributed by atoms with van der Waals surface area (Å²) in [6.45, 7) is 1.55. The highest BCUT2D eigenvalue weighted by molar-refractivity contribution is 5.90. The van der Waals surface area contributed by atoms with Crippen molar-refractivity contribution in [2.24, 2.45) is 0 Å². The van der Waals surface area contributed by atoms with Gasteiger partial charge in [-0.05, 0) is 37.4 Å². The maximum Gasteiger partial charge on any atom is 0.336 e. The van der Waals surface area contributed by atoms with Crippen LogP contribution < -0.4 is 5.32 Å². The smallest absolute Gasteiger partial charge is 0.336 e. The van der Waals surface area contributed by atoms with E-state index in [2.05, 4.69) is 5.32 Å². The van der Waals surface area contributed by atoms with Crippen molar-refractivity contribution in [1.82, 2.24) is 10.3 Å². The van der Waals surface area contributed by atoms with Crippen molar-refractivity contribution in [3.05, 3.63) is 28.6 Å². The first kappa shape index (κ1) is 11.7. The zero-order valence-corrected chi connectivity index (χ0v) is 10.4. The third kappa shape index (κ3) is 2.01. The lowest BCUT2D eigenvalue weighted by Gasteiger charge is -2.21. The number of hydrogen-bond acceptors (Lipinski definition) is 3. The van der Waals surface area contributed by atoms with Gasteiger partial charge in [-0.1, -0.05) is 12.8 Å². The number of rotatable bonds is 2. The quantitative estimate of drug-likeness (QED) is 0.838. The van der Waals surface area contributed by atoms with E-state index in [4.69, 9.17) is 4.98 Å². The summed E-state index contributed by atoms with van der Waals surface area (Å²) in [4.78, 5) is 16.1. The highest BCUT2D eigenvalue weighted by Gasteiger charge is 2.24. The maximum atomic E-state index is 11.4. The lowest BCUT2D eigenvalue weighted by molar-refractivity contribution is 0.0695. The van der Waals surface area contributed by atoms with Gasteiger partial charge in [0.05, 0.1) is 11.3 Å². The third-order valence-electron chi connectivity index (χ3n) is 4.08. The third-order valence-corrected chi connectivity index (χ3v) is 4.08. The Morgan fingerprint density at radius 1 is 1.39 bits per heavy atom. The molecule has 1 aliphatic heterocycles. The largest absolute Gasteiger partial charge is 0.478 e. The summed E-state index contributed by atoms with van der Waals surface area (Å²) in [7, 11) is 0. The molecule has 0 saturated heterocycles. The molecule has 1 saturated carbocycles. The fraction of sp³-hybridized carbons (Fsp3) is 0.571. The van der Waals surface area contributed by atoms with Crippen LogP contribution in [-0.4, -0.2) is 22.6 Å². The lowest BCUT2D eigenvalue weighted by atomic mass is 9.95. The fourth-order valence-corrected chi connectivity index (χ4v) is 3.11. The van der Waals surface area contributed by atoms with E-state index in [1.807, 2.05) is 6.07 Å². The standard InChI is InChI=1S/C14H18N2O2/c17-14(18)11-7-12(9-3-1-2-4-9)16-13-8-15-6-5-10(11)13/h7,9,15H,1-6,8H2,(H,17,18). The van der Waals surface area contributed by atoms with Gasteiger partial charge in [-0.25, -0.2) is 4.79 Å². The fourth-order valence-electron chi connectivity index (χ4n) is 3.11. The second kappa shape index (κ2) is 4.69. The molecule has 0 amide bonds. The number of nitrogens with one attached hydrogen (secondary N) is 1. The van der Waals surface area contributed by atoms with Crippen LogP contribution in [0.5, 0.6) is 0 Å². The topological polar surface area (TPSA) is 62.2 Å². The van der Waals surface area contributed by atoms with Gasteiger partial charge in [0.1, 0.15) is 0 Å². The summed E-state index contributed by atoms with van der Waals surface area (Å²) in [5.74, 6) is -0.342. The number of carboxylic acids is 1. The highest BCUT2D eigenvalue weighted by atomic mass is 16.4. The van der Waals surface area contributed by atoms with E-state index in [0.717, 1.165) is 42.8 Å². The van der Waals surface area contributed by atoms with Crippen LogP contribution in [0.15, 0.2) is 6.07 Å². The molecule has 1 aliphatic carbocycles. The number of aromatic nitrogens is 1. The summed E-state index contributed by atoms with van der Waals surface area (Å²) >= 11 is 0. The molecule has 4 nitrogen and oxygen atoms in total. The number of carbonyl (C=O) groups is 1. The predicted octanol–water partition coefficient (Wildman–Crippen LogP) is 2.08. The van der Waals surface area contributed by atoms with Crippen molar-refractivity contribution < 1.29 is 9.90 Å². The second-order valence-electron chi connectivity index (χ2n) is 5.23. The summed E-state index contributed by atoms with van der Waals surface area (Å²) < 4.78 is 0. The molecule has 4 heteroatoms. The summed E-state index contributed by atoms with van der Waals surface area (Å²) in [6.07, 6.45) is 5.56. The Labute approximate surface area is 106 Å². The van der Waals surface area contributed by atoms with E-state index in [1.165, 1.54) is 12.8 Å². The Hall–Kier alpha value is -1.42. The molecular weight excluding hydrogens is 228 g/mol. The van der Waals surface area contributed by atoms with Crippen molar-refractivity contribution in [3.8, 4) is 0 Å². The van der Waals surface area contributed by atoms with E-state index in [9.17, 15) is 9.90 Å². The predicted molar refractivity (Wildman–Crippen MR) is 67.8 cm³/mol. The number of pyridine rings is 1. The van der Waals surface area contributed by atoms with E-state index in [0.29, 0.717) is 18.0 Å². The Morgan fingerprint density at radius 2 is 2.17 bits per heavy atom. The number of carboxylic acid groups (broad SMARTS) is 1. The van der Waals surface area contributed by atoms with Crippen molar-refractivity contribution in [2.75, 3.05) is 6.54 Å². The van der Waals surface area contributed by atoms with Gasteiger partial charge in [-0.2, -0.15) is 0 Å². The Kier molecular flexibility index (Phi) is 3.04. The molecule has 0 unspecified atom stereocenters. The van der Waals surface area contributed by atoms with Crippen LogP contribution in [0.3, 0.4) is 0 Å². The lowest BCUT2D eigenvalue weighted by Crippen LogP contribution is -2.27. The highest BCUT2D eigenvalue weighted by Crippen LogP contribution is 2.34. The van der Waals surface area contributed by atoms with Crippen LogP contribution in [0.1, 0.15) is 58.9 Å². The van der Waals surface area contributed by atoms with Crippen molar-refractivity contribution in [2.45, 2.75) is 44.6 Å². The molecule has 0 spiro atoms. The van der Waals surface area contributed by atoms with Gasteiger partial charge in [0.15, 0.2) is 0 Å². The van der Waals surface area contributed by atoms with Gasteiger partial charge in [-0.15, -0.1) is 0 Å². The molecule has 2 N–H and O–H groups in total. The van der Waals surface area contributed by atoms with Crippen LogP contribution in [0.2, 0.25) is 0 Å². The number of aromatic carboxylic acids is 1. The maximum absolute atomic E-state index is 11.4. The Balaban J connectivity index is 2.05. The summed E-state index contributed by atoms with van der Waals surface area (Å²) in [5, 5.41) is 12.6. The van der Waals surface area contributed by atoms with Crippen LogP contribution in [0.25, 0.3) is 0 Å². The molecule has 96 valence electrons. The molecule has 3 rings (SSSR count). The van der Waals surface area contributed by atoms with Gasteiger partial charge in [0.25, 0.3) is 0 Å². The SMILES string of the molecule is O=C(O)c1cc(C2CCCC2)nc2c1CCNC2. The van der Waals surface area contributed by atoms with Gasteiger partial charge >= 0.3 is 5.97 Å². The van der Waals surface area contributed by atoms with Crippen LogP contribution in [-0.2, 0) is 13.0 Å². The molecule has 1 aromatic rings. The van der Waals surface area contributed by atoms with E-state index in [1.54, 1.807) is 0 Å². The summed E-state index contributed by atoms with van der Waals surface area (Å²) in [5.41, 5.74) is 3.35. The van der Waals surface area contributed by atoms with Crippen molar-refractivity contribution >= 4 is 5.97 Å². The first-order valence-corrected chi connectivity index (χ1v) is 6.72. The monoisotopic (exact) mass is 246 g/mol. The van der Waals surface area contributed by atoms with Crippen LogP contribution in [0.4, 0.5) is 0 Å². The van der Waals surface area contributed by atoms with Crippen LogP contribution in [0, 0.1) is 0 Å². The molecule has 0 radical (unpaired) electrons. The zero-order valence-electron chi connectivity index (χ0n) is 10.4. The number of nitrogens with zero attached hydrogens (tertiary/aromatic N) is 1. The molecule has 1 aromatic heterocycles. The first-order chi connectivity index (χ1) is 8.75. The summed E-state index contributed by atoms with van der Waals surface area (Å²) in [6, 6.07) is 1.82. The molecule has 1 fully saturated rings. The van der Waals surface area contributed by atoms with E-state index >= 15 is 0 Å². The first-order valence-electron chi connectivity index (χ1n) is 6.72. The van der Waals surface area contributed by atoms with Gasteiger partial charge in [0.2, 0.25) is 0 Å².